The molecular weight excluding hydrogens is 340 g/mol. The van der Waals surface area contributed by atoms with E-state index in [0.717, 1.165) is 10.8 Å². The van der Waals surface area contributed by atoms with E-state index in [4.69, 9.17) is 4.74 Å². The molecule has 0 fully saturated rings. The van der Waals surface area contributed by atoms with E-state index in [-0.39, 0.29) is 16.7 Å². The van der Waals surface area contributed by atoms with E-state index >= 15 is 0 Å². The number of hydrogen-bond donors (Lipinski definition) is 1. The number of esters is 1. The zero-order chi connectivity index (χ0) is 19.0. The predicted molar refractivity (Wildman–Crippen MR) is 106 cm³/mol. The molecule has 4 aromatic carbocycles. The van der Waals surface area contributed by atoms with Crippen LogP contribution in [0.5, 0.6) is 11.5 Å². The fourth-order valence-electron chi connectivity index (χ4n) is 3.34. The summed E-state index contributed by atoms with van der Waals surface area (Å²) in [5, 5.41) is 13.7. The minimum absolute atomic E-state index is 0.0629. The fraction of sp³-hybridized carbons (Fsp3) is 0.0435. The molecule has 0 atom stereocenters. The van der Waals surface area contributed by atoms with Crippen molar-refractivity contribution in [1.82, 2.24) is 0 Å². The Morgan fingerprint density at radius 2 is 1.30 bits per heavy atom. The first-order valence-electron chi connectivity index (χ1n) is 8.52. The van der Waals surface area contributed by atoms with Crippen molar-refractivity contribution >= 4 is 27.5 Å². The Hall–Kier alpha value is -3.66. The Morgan fingerprint density at radius 1 is 0.778 bits per heavy atom. The summed E-state index contributed by atoms with van der Waals surface area (Å²) in [4.78, 5) is 24.4. The summed E-state index contributed by atoms with van der Waals surface area (Å²) in [6.07, 6.45) is 0. The number of rotatable bonds is 2. The lowest BCUT2D eigenvalue weighted by molar-refractivity contribution is -0.131. The smallest absolute Gasteiger partial charge is 0.308 e. The summed E-state index contributed by atoms with van der Waals surface area (Å²) in [6, 6.07) is 21.3. The second kappa shape index (κ2) is 6.57. The highest BCUT2D eigenvalue weighted by Gasteiger charge is 2.15. The van der Waals surface area contributed by atoms with Crippen molar-refractivity contribution in [3.63, 3.8) is 0 Å². The lowest BCUT2D eigenvalue weighted by Gasteiger charge is -2.05. The molecule has 0 saturated carbocycles. The van der Waals surface area contributed by atoms with Gasteiger partial charge in [-0.25, -0.2) is 0 Å². The SMILES string of the molecule is CC(=O)Oc1ccc(-c2c(O)c3ccccc3c3ccccc3c2=O)cc1. The van der Waals surface area contributed by atoms with Crippen LogP contribution in [0.3, 0.4) is 0 Å². The normalized spacial score (nSPS) is 10.9. The number of carbonyl (C=O) groups excluding carboxylic acids is 1. The quantitative estimate of drug-likeness (QED) is 0.419. The average Bonchev–Trinajstić information content (AvgIpc) is 2.77. The number of benzene rings is 3. The molecule has 0 spiro atoms. The first-order chi connectivity index (χ1) is 13.1. The Balaban J connectivity index is 2.09. The van der Waals surface area contributed by atoms with E-state index in [2.05, 4.69) is 0 Å². The lowest BCUT2D eigenvalue weighted by atomic mass is 10.0. The maximum Gasteiger partial charge on any atom is 0.308 e. The molecule has 0 bridgehead atoms. The molecule has 27 heavy (non-hydrogen) atoms. The summed E-state index contributed by atoms with van der Waals surface area (Å²) >= 11 is 0. The number of aromatic hydroxyl groups is 1. The van der Waals surface area contributed by atoms with Crippen molar-refractivity contribution in [1.29, 1.82) is 0 Å². The minimum atomic E-state index is -0.418. The van der Waals surface area contributed by atoms with Gasteiger partial charge in [0.15, 0.2) is 5.43 Å². The predicted octanol–water partition coefficient (Wildman–Crippen LogP) is 4.65. The van der Waals surface area contributed by atoms with Crippen LogP contribution in [0, 0.1) is 0 Å². The van der Waals surface area contributed by atoms with Gasteiger partial charge in [-0.2, -0.15) is 0 Å². The van der Waals surface area contributed by atoms with Gasteiger partial charge in [-0.1, -0.05) is 60.7 Å². The largest absolute Gasteiger partial charge is 0.507 e. The van der Waals surface area contributed by atoms with Crippen LogP contribution in [0.4, 0.5) is 0 Å². The zero-order valence-electron chi connectivity index (χ0n) is 14.6. The first-order valence-corrected chi connectivity index (χ1v) is 8.52. The molecule has 0 saturated heterocycles. The topological polar surface area (TPSA) is 63.6 Å². The summed E-state index contributed by atoms with van der Waals surface area (Å²) < 4.78 is 5.05. The van der Waals surface area contributed by atoms with Crippen LogP contribution in [-0.4, -0.2) is 11.1 Å². The molecule has 0 aliphatic heterocycles. The van der Waals surface area contributed by atoms with E-state index in [1.54, 1.807) is 36.4 Å². The van der Waals surface area contributed by atoms with E-state index < -0.39 is 5.97 Å². The number of ether oxygens (including phenoxy) is 1. The number of hydrogen-bond acceptors (Lipinski definition) is 4. The van der Waals surface area contributed by atoms with Crippen molar-refractivity contribution in [3.8, 4) is 22.6 Å². The number of carbonyl (C=O) groups is 1. The highest BCUT2D eigenvalue weighted by Crippen LogP contribution is 2.35. The highest BCUT2D eigenvalue weighted by molar-refractivity contribution is 6.10. The van der Waals surface area contributed by atoms with Crippen molar-refractivity contribution in [2.75, 3.05) is 0 Å². The van der Waals surface area contributed by atoms with E-state index in [1.807, 2.05) is 36.4 Å². The van der Waals surface area contributed by atoms with Crippen LogP contribution in [0.15, 0.2) is 77.6 Å². The molecule has 0 aliphatic carbocycles. The molecule has 0 aliphatic rings. The van der Waals surface area contributed by atoms with Gasteiger partial charge in [0.05, 0.1) is 5.56 Å². The minimum Gasteiger partial charge on any atom is -0.507 e. The second-order valence-electron chi connectivity index (χ2n) is 6.26. The van der Waals surface area contributed by atoms with Gasteiger partial charge in [-0.05, 0) is 28.5 Å². The van der Waals surface area contributed by atoms with Crippen LogP contribution in [0.1, 0.15) is 6.92 Å². The van der Waals surface area contributed by atoms with Crippen molar-refractivity contribution in [3.05, 3.63) is 83.0 Å². The number of fused-ring (bicyclic) bond motifs is 3. The van der Waals surface area contributed by atoms with Gasteiger partial charge in [0.2, 0.25) is 0 Å². The van der Waals surface area contributed by atoms with Gasteiger partial charge in [0.25, 0.3) is 0 Å². The van der Waals surface area contributed by atoms with Crippen LogP contribution >= 0.6 is 0 Å². The van der Waals surface area contributed by atoms with Gasteiger partial charge in [0, 0.05) is 17.7 Å². The molecule has 4 rings (SSSR count). The third-order valence-corrected chi connectivity index (χ3v) is 4.51. The summed E-state index contributed by atoms with van der Waals surface area (Å²) in [5.74, 6) is -0.0987. The monoisotopic (exact) mass is 356 g/mol. The van der Waals surface area contributed by atoms with Gasteiger partial charge in [-0.3, -0.25) is 9.59 Å². The van der Waals surface area contributed by atoms with E-state index in [0.29, 0.717) is 22.1 Å². The molecule has 1 N–H and O–H groups in total. The molecule has 0 aromatic heterocycles. The molecule has 4 aromatic rings. The van der Waals surface area contributed by atoms with Crippen LogP contribution in [-0.2, 0) is 4.79 Å². The molecular formula is C23H16O4. The van der Waals surface area contributed by atoms with Gasteiger partial charge < -0.3 is 9.84 Å². The molecule has 0 amide bonds. The zero-order valence-corrected chi connectivity index (χ0v) is 14.6. The van der Waals surface area contributed by atoms with Crippen molar-refractivity contribution in [2.45, 2.75) is 6.92 Å². The molecule has 132 valence electrons. The molecule has 0 radical (unpaired) electrons. The molecule has 4 heteroatoms. The fourth-order valence-corrected chi connectivity index (χ4v) is 3.34. The average molecular weight is 356 g/mol. The van der Waals surface area contributed by atoms with Crippen molar-refractivity contribution < 1.29 is 14.6 Å². The van der Waals surface area contributed by atoms with Crippen LogP contribution < -0.4 is 10.2 Å². The first kappa shape index (κ1) is 16.8. The second-order valence-corrected chi connectivity index (χ2v) is 6.26. The standard InChI is InChI=1S/C23H16O4/c1-14(24)27-16-12-10-15(11-13-16)21-22(25)19-8-4-2-6-17(19)18-7-3-5-9-20(18)23(21)26/h2-13,25H,1H3. The third kappa shape index (κ3) is 2.91. The summed E-state index contributed by atoms with van der Waals surface area (Å²) in [7, 11) is 0. The maximum absolute atomic E-state index is 13.3. The van der Waals surface area contributed by atoms with E-state index in [1.165, 1.54) is 6.92 Å². The molecule has 4 nitrogen and oxygen atoms in total. The van der Waals surface area contributed by atoms with Gasteiger partial charge in [-0.15, -0.1) is 0 Å². The Labute approximate surface area is 155 Å². The third-order valence-electron chi connectivity index (χ3n) is 4.51. The summed E-state index contributed by atoms with van der Waals surface area (Å²) in [6.45, 7) is 1.32. The Kier molecular flexibility index (Phi) is 4.09. The van der Waals surface area contributed by atoms with Crippen molar-refractivity contribution in [2.24, 2.45) is 0 Å². The van der Waals surface area contributed by atoms with Crippen LogP contribution in [0.2, 0.25) is 0 Å². The maximum atomic E-state index is 13.3. The molecule has 0 heterocycles. The Morgan fingerprint density at radius 3 is 1.89 bits per heavy atom. The van der Waals surface area contributed by atoms with E-state index in [9.17, 15) is 14.7 Å². The lowest BCUT2D eigenvalue weighted by Crippen LogP contribution is -2.03. The van der Waals surface area contributed by atoms with Gasteiger partial charge >= 0.3 is 5.97 Å². The highest BCUT2D eigenvalue weighted by atomic mass is 16.5. The van der Waals surface area contributed by atoms with Gasteiger partial charge in [0.1, 0.15) is 11.5 Å². The Bertz CT molecular complexity index is 1240. The molecule has 0 unspecified atom stereocenters. The summed E-state index contributed by atoms with van der Waals surface area (Å²) in [5.41, 5.74) is 0.529. The van der Waals surface area contributed by atoms with Crippen LogP contribution in [0.25, 0.3) is 32.7 Å².